The quantitative estimate of drug-likeness (QED) is 0.433. The summed E-state index contributed by atoms with van der Waals surface area (Å²) >= 11 is 0. The van der Waals surface area contributed by atoms with Crippen molar-refractivity contribution in [1.82, 2.24) is 0 Å². The molecule has 0 aromatic rings. The van der Waals surface area contributed by atoms with Gasteiger partial charge in [0.2, 0.25) is 6.17 Å². The first-order chi connectivity index (χ1) is 9.86. The molecule has 0 aromatic carbocycles. The molecule has 0 spiro atoms. The summed E-state index contributed by atoms with van der Waals surface area (Å²) in [6.45, 7) is -2.09. The molecule has 0 fully saturated rings. The van der Waals surface area contributed by atoms with E-state index in [1.54, 1.807) is 0 Å². The van der Waals surface area contributed by atoms with Crippen molar-refractivity contribution in [1.29, 1.82) is 0 Å². The van der Waals surface area contributed by atoms with E-state index < -0.39 is 62.0 Å². The maximum atomic E-state index is 13.1. The molecule has 3 N–H and O–H groups in total. The SMILES string of the molecule is OC(O)(O)C(F)C(F)C(F)C(F)C(F)C(F)C(F)C(F)CF. The molecule has 0 aliphatic carbocycles. The average Bonchev–Trinajstić information content (AvgIpc) is 2.47. The Labute approximate surface area is 118 Å². The van der Waals surface area contributed by atoms with Crippen LogP contribution in [0.25, 0.3) is 0 Å². The van der Waals surface area contributed by atoms with Crippen LogP contribution in [0.3, 0.4) is 0 Å². The van der Waals surface area contributed by atoms with Crippen LogP contribution < -0.4 is 0 Å². The summed E-state index contributed by atoms with van der Waals surface area (Å²) in [5.74, 6) is -4.44. The van der Waals surface area contributed by atoms with E-state index in [0.29, 0.717) is 0 Å². The lowest BCUT2D eigenvalue weighted by Crippen LogP contribution is -2.52. The second-order valence-corrected chi connectivity index (χ2v) is 4.43. The molecule has 0 bridgehead atoms. The molecule has 3 nitrogen and oxygen atoms in total. The number of hydrogen-bond acceptors (Lipinski definition) is 3. The summed E-state index contributed by atoms with van der Waals surface area (Å²) in [5.41, 5.74) is 0. The maximum Gasteiger partial charge on any atom is 0.311 e. The first-order valence-corrected chi connectivity index (χ1v) is 5.71. The Morgan fingerprint density at radius 3 is 1.23 bits per heavy atom. The summed E-state index contributed by atoms with van der Waals surface area (Å²) in [4.78, 5) is 0. The molecule has 0 aliphatic rings. The molecule has 8 atom stereocenters. The fraction of sp³-hybridized carbons (Fsp3) is 1.00. The average molecular weight is 352 g/mol. The van der Waals surface area contributed by atoms with Crippen molar-refractivity contribution in [2.45, 2.75) is 55.3 Å². The Hall–Kier alpha value is -0.750. The van der Waals surface area contributed by atoms with E-state index in [2.05, 4.69) is 0 Å². The molecule has 0 aliphatic heterocycles. The van der Waals surface area contributed by atoms with Crippen LogP contribution in [0.4, 0.5) is 39.5 Å². The fourth-order valence-corrected chi connectivity index (χ4v) is 1.36. The smallest absolute Gasteiger partial charge is 0.311 e. The minimum absolute atomic E-state index is 2.09. The van der Waals surface area contributed by atoms with E-state index in [0.717, 1.165) is 0 Å². The highest BCUT2D eigenvalue weighted by Gasteiger charge is 2.51. The van der Waals surface area contributed by atoms with Gasteiger partial charge in [-0.25, -0.2) is 39.5 Å². The van der Waals surface area contributed by atoms with Gasteiger partial charge in [-0.1, -0.05) is 0 Å². The van der Waals surface area contributed by atoms with Crippen molar-refractivity contribution < 1.29 is 54.8 Å². The van der Waals surface area contributed by atoms with Crippen LogP contribution in [0.15, 0.2) is 0 Å². The number of aliphatic hydroxyl groups is 3. The fourth-order valence-electron chi connectivity index (χ4n) is 1.36. The van der Waals surface area contributed by atoms with Gasteiger partial charge in [0.15, 0.2) is 43.2 Å². The zero-order chi connectivity index (χ0) is 17.8. The van der Waals surface area contributed by atoms with Gasteiger partial charge in [-0.15, -0.1) is 0 Å². The van der Waals surface area contributed by atoms with Crippen LogP contribution in [0.5, 0.6) is 0 Å². The zero-order valence-electron chi connectivity index (χ0n) is 10.6. The molecule has 0 heterocycles. The normalized spacial score (nSPS) is 24.0. The summed E-state index contributed by atoms with van der Waals surface area (Å²) in [5, 5.41) is 24.6. The summed E-state index contributed by atoms with van der Waals surface area (Å²) in [6.07, 6.45) is -29.8. The standard InChI is InChI=1S/C10H13F9O3/c11-1-2(12)3(13)4(14)5(15)6(16)7(17)8(18)9(19)10(20,21)22/h2-9,20-22H,1H2. The second-order valence-electron chi connectivity index (χ2n) is 4.43. The van der Waals surface area contributed by atoms with Crippen LogP contribution in [0.1, 0.15) is 0 Å². The van der Waals surface area contributed by atoms with Gasteiger partial charge in [-0.05, 0) is 0 Å². The lowest BCUT2D eigenvalue weighted by molar-refractivity contribution is -0.352. The summed E-state index contributed by atoms with van der Waals surface area (Å²) in [6, 6.07) is 0. The van der Waals surface area contributed by atoms with Crippen molar-refractivity contribution in [3.63, 3.8) is 0 Å². The lowest BCUT2D eigenvalue weighted by atomic mass is 9.97. The maximum absolute atomic E-state index is 13.1. The molecular weight excluding hydrogens is 339 g/mol. The van der Waals surface area contributed by atoms with Crippen LogP contribution in [-0.4, -0.2) is 77.3 Å². The number of halogens is 9. The van der Waals surface area contributed by atoms with Gasteiger partial charge in [0.1, 0.15) is 6.67 Å². The van der Waals surface area contributed by atoms with Gasteiger partial charge < -0.3 is 15.3 Å². The highest BCUT2D eigenvalue weighted by Crippen LogP contribution is 2.29. The van der Waals surface area contributed by atoms with Crippen molar-refractivity contribution in [3.05, 3.63) is 0 Å². The Bertz CT molecular complexity index is 329. The lowest BCUT2D eigenvalue weighted by Gasteiger charge is -2.28. The van der Waals surface area contributed by atoms with Crippen LogP contribution >= 0.6 is 0 Å². The minimum atomic E-state index is -4.44. The van der Waals surface area contributed by atoms with Crippen molar-refractivity contribution >= 4 is 0 Å². The second kappa shape index (κ2) is 8.20. The highest BCUT2D eigenvalue weighted by molar-refractivity contribution is 4.93. The molecule has 0 saturated heterocycles. The summed E-state index contributed by atoms with van der Waals surface area (Å²) < 4.78 is 115. The van der Waals surface area contributed by atoms with Crippen molar-refractivity contribution in [2.24, 2.45) is 0 Å². The van der Waals surface area contributed by atoms with Crippen LogP contribution in [0, 0.1) is 0 Å². The van der Waals surface area contributed by atoms with Crippen molar-refractivity contribution in [3.8, 4) is 0 Å². The number of hydrogen-bond donors (Lipinski definition) is 3. The third-order valence-corrected chi connectivity index (χ3v) is 2.66. The third-order valence-electron chi connectivity index (χ3n) is 2.66. The Kier molecular flexibility index (Phi) is 7.92. The molecular formula is C10H13F9O3. The van der Waals surface area contributed by atoms with E-state index in [1.165, 1.54) is 0 Å². The molecule has 0 aromatic heterocycles. The Morgan fingerprint density at radius 2 is 0.909 bits per heavy atom. The van der Waals surface area contributed by atoms with Gasteiger partial charge in [-0.2, -0.15) is 0 Å². The van der Waals surface area contributed by atoms with Gasteiger partial charge in [0.25, 0.3) is 0 Å². The molecule has 0 amide bonds. The van der Waals surface area contributed by atoms with Crippen molar-refractivity contribution in [2.75, 3.05) is 6.67 Å². The van der Waals surface area contributed by atoms with E-state index in [-0.39, 0.29) is 0 Å². The molecule has 0 rings (SSSR count). The molecule has 8 unspecified atom stereocenters. The largest absolute Gasteiger partial charge is 0.341 e. The minimum Gasteiger partial charge on any atom is -0.341 e. The van der Waals surface area contributed by atoms with E-state index in [1.807, 2.05) is 0 Å². The Morgan fingerprint density at radius 1 is 0.591 bits per heavy atom. The first kappa shape index (κ1) is 21.2. The molecule has 12 heteroatoms. The third kappa shape index (κ3) is 5.16. The molecule has 134 valence electrons. The number of alkyl halides is 9. The van der Waals surface area contributed by atoms with Crippen LogP contribution in [0.2, 0.25) is 0 Å². The summed E-state index contributed by atoms with van der Waals surface area (Å²) in [7, 11) is 0. The highest BCUT2D eigenvalue weighted by atomic mass is 19.2. The number of rotatable bonds is 9. The van der Waals surface area contributed by atoms with Gasteiger partial charge in [-0.3, -0.25) is 0 Å². The molecule has 22 heavy (non-hydrogen) atoms. The molecule has 0 radical (unpaired) electrons. The van der Waals surface area contributed by atoms with Gasteiger partial charge in [0, 0.05) is 0 Å². The topological polar surface area (TPSA) is 60.7 Å². The predicted octanol–water partition coefficient (Wildman–Crippen LogP) is 1.29. The molecule has 0 saturated carbocycles. The van der Waals surface area contributed by atoms with Gasteiger partial charge >= 0.3 is 5.97 Å². The van der Waals surface area contributed by atoms with Crippen LogP contribution in [-0.2, 0) is 0 Å². The van der Waals surface area contributed by atoms with E-state index in [9.17, 15) is 39.5 Å². The monoisotopic (exact) mass is 352 g/mol. The van der Waals surface area contributed by atoms with Gasteiger partial charge in [0.05, 0.1) is 0 Å². The van der Waals surface area contributed by atoms with E-state index in [4.69, 9.17) is 15.3 Å². The Balaban J connectivity index is 4.90. The predicted molar refractivity (Wildman–Crippen MR) is 54.5 cm³/mol. The van der Waals surface area contributed by atoms with E-state index >= 15 is 0 Å². The first-order valence-electron chi connectivity index (χ1n) is 5.71. The zero-order valence-corrected chi connectivity index (χ0v) is 10.6.